The molecule has 120 valence electrons. The number of aliphatic hydroxyl groups excluding tert-OH is 1. The minimum atomic E-state index is -0.315. The third-order valence-corrected chi connectivity index (χ3v) is 3.80. The molecule has 0 saturated carbocycles. The molecular weight excluding hydrogens is 306 g/mol. The molecule has 3 rings (SSSR count). The van der Waals surface area contributed by atoms with Crippen molar-refractivity contribution in [2.24, 2.45) is 0 Å². The monoisotopic (exact) mass is 321 g/mol. The molecule has 0 atom stereocenters. The molecule has 24 heavy (non-hydrogen) atoms. The second-order valence-corrected chi connectivity index (χ2v) is 5.23. The number of hydrogen-bond donors (Lipinski definition) is 1. The summed E-state index contributed by atoms with van der Waals surface area (Å²) in [5.74, 6) is 5.32. The van der Waals surface area contributed by atoms with E-state index in [0.717, 1.165) is 0 Å². The van der Waals surface area contributed by atoms with Gasteiger partial charge in [0.05, 0.1) is 24.8 Å². The quantitative estimate of drug-likeness (QED) is 0.692. The molecule has 0 aromatic heterocycles. The van der Waals surface area contributed by atoms with Gasteiger partial charge in [-0.1, -0.05) is 24.0 Å². The van der Waals surface area contributed by atoms with Crippen molar-refractivity contribution in [2.75, 3.05) is 13.7 Å². The van der Waals surface area contributed by atoms with Crippen molar-refractivity contribution >= 4 is 11.8 Å². The standard InChI is InChI=1S/C19H15NO4/c1-24-17-9-8-13(5-4-10-21)11-14(17)12-20-18(22)15-6-2-3-7-16(15)19(20)23/h2-3,6-9,11,21H,10,12H2,1H3. The number of benzene rings is 2. The summed E-state index contributed by atoms with van der Waals surface area (Å²) in [7, 11) is 1.53. The highest BCUT2D eigenvalue weighted by Crippen LogP contribution is 2.27. The van der Waals surface area contributed by atoms with Crippen molar-refractivity contribution in [2.45, 2.75) is 6.54 Å². The van der Waals surface area contributed by atoms with Crippen LogP contribution < -0.4 is 4.74 Å². The SMILES string of the molecule is COc1ccc(C#CCO)cc1CN1C(=O)c2ccccc2C1=O. The molecule has 0 bridgehead atoms. The van der Waals surface area contributed by atoms with E-state index in [9.17, 15) is 9.59 Å². The van der Waals surface area contributed by atoms with Crippen LogP contribution in [0.25, 0.3) is 0 Å². The van der Waals surface area contributed by atoms with Gasteiger partial charge in [-0.2, -0.15) is 0 Å². The van der Waals surface area contributed by atoms with Gasteiger partial charge in [-0.05, 0) is 30.3 Å². The molecule has 5 nitrogen and oxygen atoms in total. The van der Waals surface area contributed by atoms with E-state index in [1.807, 2.05) is 0 Å². The van der Waals surface area contributed by atoms with Gasteiger partial charge in [-0.3, -0.25) is 14.5 Å². The van der Waals surface area contributed by atoms with E-state index < -0.39 is 0 Å². The first-order valence-corrected chi connectivity index (χ1v) is 7.37. The molecule has 0 unspecified atom stereocenters. The van der Waals surface area contributed by atoms with Crippen LogP contribution in [0.15, 0.2) is 42.5 Å². The first kappa shape index (κ1) is 15.8. The molecule has 2 aromatic carbocycles. The topological polar surface area (TPSA) is 66.8 Å². The fraction of sp³-hybridized carbons (Fsp3) is 0.158. The van der Waals surface area contributed by atoms with Gasteiger partial charge in [0.15, 0.2) is 0 Å². The average molecular weight is 321 g/mol. The van der Waals surface area contributed by atoms with E-state index in [-0.39, 0.29) is 25.0 Å². The Bertz CT molecular complexity index is 841. The lowest BCUT2D eigenvalue weighted by Gasteiger charge is -2.16. The maximum absolute atomic E-state index is 12.5. The van der Waals surface area contributed by atoms with E-state index in [1.54, 1.807) is 42.5 Å². The number of amides is 2. The van der Waals surface area contributed by atoms with Crippen LogP contribution >= 0.6 is 0 Å². The maximum Gasteiger partial charge on any atom is 0.261 e. The molecule has 2 amide bonds. The van der Waals surface area contributed by atoms with Crippen LogP contribution in [0.4, 0.5) is 0 Å². The maximum atomic E-state index is 12.5. The van der Waals surface area contributed by atoms with Crippen molar-refractivity contribution in [3.8, 4) is 17.6 Å². The van der Waals surface area contributed by atoms with Gasteiger partial charge < -0.3 is 9.84 Å². The lowest BCUT2D eigenvalue weighted by atomic mass is 10.1. The number of carbonyl (C=O) groups is 2. The summed E-state index contributed by atoms with van der Waals surface area (Å²) in [6.07, 6.45) is 0. The van der Waals surface area contributed by atoms with E-state index >= 15 is 0 Å². The van der Waals surface area contributed by atoms with Crippen LogP contribution in [0.5, 0.6) is 5.75 Å². The number of nitrogens with zero attached hydrogens (tertiary/aromatic N) is 1. The molecule has 0 spiro atoms. The summed E-state index contributed by atoms with van der Waals surface area (Å²) in [6, 6.07) is 12.0. The highest BCUT2D eigenvalue weighted by Gasteiger charge is 2.35. The summed E-state index contributed by atoms with van der Waals surface area (Å²) in [6.45, 7) is -0.135. The van der Waals surface area contributed by atoms with E-state index in [2.05, 4.69) is 11.8 Å². The molecule has 1 heterocycles. The summed E-state index contributed by atoms with van der Waals surface area (Å²) >= 11 is 0. The van der Waals surface area contributed by atoms with Gasteiger partial charge in [0.2, 0.25) is 0 Å². The Morgan fingerprint density at radius 1 is 1.08 bits per heavy atom. The van der Waals surface area contributed by atoms with Crippen LogP contribution in [0.2, 0.25) is 0 Å². The van der Waals surface area contributed by atoms with Crippen molar-refractivity contribution in [1.82, 2.24) is 4.90 Å². The van der Waals surface area contributed by atoms with Crippen LogP contribution in [-0.2, 0) is 6.54 Å². The zero-order chi connectivity index (χ0) is 17.1. The normalized spacial score (nSPS) is 12.7. The second kappa shape index (κ2) is 6.57. The number of fused-ring (bicyclic) bond motifs is 1. The first-order chi connectivity index (χ1) is 11.7. The van der Waals surface area contributed by atoms with E-state index in [0.29, 0.717) is 28.0 Å². The van der Waals surface area contributed by atoms with E-state index in [4.69, 9.17) is 9.84 Å². The van der Waals surface area contributed by atoms with Gasteiger partial charge >= 0.3 is 0 Å². The highest BCUT2D eigenvalue weighted by molar-refractivity contribution is 6.21. The first-order valence-electron chi connectivity index (χ1n) is 7.37. The lowest BCUT2D eigenvalue weighted by molar-refractivity contribution is 0.0641. The third-order valence-electron chi connectivity index (χ3n) is 3.80. The Balaban J connectivity index is 1.94. The number of carbonyl (C=O) groups excluding carboxylic acids is 2. The number of imide groups is 1. The van der Waals surface area contributed by atoms with Crippen LogP contribution in [0.1, 0.15) is 31.8 Å². The molecule has 1 aliphatic rings. The molecule has 0 radical (unpaired) electrons. The fourth-order valence-electron chi connectivity index (χ4n) is 2.67. The molecular formula is C19H15NO4. The third kappa shape index (κ3) is 2.75. The molecule has 0 saturated heterocycles. The Labute approximate surface area is 139 Å². The number of rotatable bonds is 3. The number of methoxy groups -OCH3 is 1. The minimum Gasteiger partial charge on any atom is -0.496 e. The lowest BCUT2D eigenvalue weighted by Crippen LogP contribution is -2.29. The smallest absolute Gasteiger partial charge is 0.261 e. The summed E-state index contributed by atoms with van der Waals surface area (Å²) < 4.78 is 5.32. The van der Waals surface area contributed by atoms with Crippen LogP contribution in [0.3, 0.4) is 0 Å². The number of hydrogen-bond acceptors (Lipinski definition) is 4. The summed E-state index contributed by atoms with van der Waals surface area (Å²) in [4.78, 5) is 26.1. The summed E-state index contributed by atoms with van der Waals surface area (Å²) in [5, 5.41) is 8.80. The van der Waals surface area contributed by atoms with Gasteiger partial charge in [0.1, 0.15) is 12.4 Å². The molecule has 1 aliphatic heterocycles. The molecule has 5 heteroatoms. The zero-order valence-electron chi connectivity index (χ0n) is 13.1. The second-order valence-electron chi connectivity index (χ2n) is 5.23. The van der Waals surface area contributed by atoms with Gasteiger partial charge in [-0.15, -0.1) is 0 Å². The predicted molar refractivity (Wildman–Crippen MR) is 87.6 cm³/mol. The Hall–Kier alpha value is -3.10. The molecule has 0 fully saturated rings. The number of ether oxygens (including phenoxy) is 1. The number of aliphatic hydroxyl groups is 1. The minimum absolute atomic E-state index is 0.101. The van der Waals surface area contributed by atoms with Crippen LogP contribution in [0, 0.1) is 11.8 Å². The van der Waals surface area contributed by atoms with Gasteiger partial charge in [0, 0.05) is 11.1 Å². The molecule has 1 N–H and O–H groups in total. The van der Waals surface area contributed by atoms with Crippen molar-refractivity contribution in [3.05, 3.63) is 64.7 Å². The Morgan fingerprint density at radius 3 is 2.33 bits per heavy atom. The van der Waals surface area contributed by atoms with Crippen molar-refractivity contribution in [3.63, 3.8) is 0 Å². The van der Waals surface area contributed by atoms with E-state index in [1.165, 1.54) is 12.0 Å². The van der Waals surface area contributed by atoms with Crippen molar-refractivity contribution in [1.29, 1.82) is 0 Å². The predicted octanol–water partition coefficient (Wildman–Crippen LogP) is 1.84. The fourth-order valence-corrected chi connectivity index (χ4v) is 2.67. The Kier molecular flexibility index (Phi) is 4.32. The average Bonchev–Trinajstić information content (AvgIpc) is 2.85. The highest BCUT2D eigenvalue weighted by atomic mass is 16.5. The largest absolute Gasteiger partial charge is 0.496 e. The van der Waals surface area contributed by atoms with Gasteiger partial charge in [-0.25, -0.2) is 0 Å². The molecule has 2 aromatic rings. The molecule has 0 aliphatic carbocycles. The Morgan fingerprint density at radius 2 is 1.75 bits per heavy atom. The van der Waals surface area contributed by atoms with Gasteiger partial charge in [0.25, 0.3) is 11.8 Å². The summed E-state index contributed by atoms with van der Waals surface area (Å²) in [5.41, 5.74) is 2.18. The van der Waals surface area contributed by atoms with Crippen LogP contribution in [-0.4, -0.2) is 35.5 Å². The van der Waals surface area contributed by atoms with Crippen molar-refractivity contribution < 1.29 is 19.4 Å². The zero-order valence-corrected chi connectivity index (χ0v) is 13.1.